The first kappa shape index (κ1) is 20.1. The minimum atomic E-state index is -0.545. The molecule has 0 spiro atoms. The largest absolute Gasteiger partial charge is 0.327 e. The van der Waals surface area contributed by atoms with Gasteiger partial charge in [-0.1, -0.05) is 19.4 Å². The number of carbonyl (C=O) groups excluding carboxylic acids is 1. The number of hydrogen-bond donors (Lipinski definition) is 2. The number of nitrogens with one attached hydrogen (secondary N) is 1. The van der Waals surface area contributed by atoms with Crippen LogP contribution in [0.3, 0.4) is 0 Å². The Balaban J connectivity index is 2.31. The van der Waals surface area contributed by atoms with Crippen molar-refractivity contribution in [2.24, 2.45) is 0 Å². The van der Waals surface area contributed by atoms with Crippen LogP contribution in [0, 0.1) is 0 Å². The summed E-state index contributed by atoms with van der Waals surface area (Å²) >= 11 is 0. The Labute approximate surface area is 155 Å². The molecule has 0 atom stereocenters. The van der Waals surface area contributed by atoms with Crippen molar-refractivity contribution in [3.8, 4) is 0 Å². The summed E-state index contributed by atoms with van der Waals surface area (Å²) < 4.78 is 2.32. The zero-order valence-electron chi connectivity index (χ0n) is 16.2. The van der Waals surface area contributed by atoms with Gasteiger partial charge in [0.2, 0.25) is 0 Å². The molecular formula is C20H30N4O2. The maximum Gasteiger partial charge on any atom is 0.267 e. The van der Waals surface area contributed by atoms with Crippen LogP contribution in [0.4, 0.5) is 0 Å². The third-order valence-electron chi connectivity index (χ3n) is 4.70. The molecule has 2 rings (SSSR count). The molecule has 0 aliphatic rings. The fourth-order valence-corrected chi connectivity index (χ4v) is 2.80. The van der Waals surface area contributed by atoms with E-state index < -0.39 is 5.91 Å². The molecule has 1 aromatic carbocycles. The maximum atomic E-state index is 11.2. The average molecular weight is 358 g/mol. The van der Waals surface area contributed by atoms with Gasteiger partial charge in [0.1, 0.15) is 5.82 Å². The van der Waals surface area contributed by atoms with E-state index in [2.05, 4.69) is 43.4 Å². The topological polar surface area (TPSA) is 70.4 Å². The lowest BCUT2D eigenvalue weighted by molar-refractivity contribution is -0.124. The first-order valence-electron chi connectivity index (χ1n) is 9.27. The van der Waals surface area contributed by atoms with Gasteiger partial charge < -0.3 is 9.47 Å². The third-order valence-corrected chi connectivity index (χ3v) is 4.70. The summed E-state index contributed by atoms with van der Waals surface area (Å²) in [4.78, 5) is 18.3. The van der Waals surface area contributed by atoms with E-state index in [1.165, 1.54) is 6.08 Å². The number of aromatic nitrogens is 2. The molecule has 0 saturated carbocycles. The fourth-order valence-electron chi connectivity index (χ4n) is 2.80. The van der Waals surface area contributed by atoms with Gasteiger partial charge in [-0.2, -0.15) is 0 Å². The minimum Gasteiger partial charge on any atom is -0.327 e. The number of benzene rings is 1. The van der Waals surface area contributed by atoms with Crippen molar-refractivity contribution in [1.82, 2.24) is 19.9 Å². The van der Waals surface area contributed by atoms with Gasteiger partial charge in [0, 0.05) is 31.6 Å². The summed E-state index contributed by atoms with van der Waals surface area (Å²) in [7, 11) is 2.14. The van der Waals surface area contributed by atoms with E-state index >= 15 is 0 Å². The van der Waals surface area contributed by atoms with Gasteiger partial charge in [0.15, 0.2) is 0 Å². The van der Waals surface area contributed by atoms with Crippen LogP contribution in [-0.2, 0) is 17.8 Å². The molecule has 2 aromatic rings. The Morgan fingerprint density at radius 1 is 1.42 bits per heavy atom. The number of nitrogens with zero attached hydrogens (tertiary/aromatic N) is 3. The predicted octanol–water partition coefficient (Wildman–Crippen LogP) is 3.24. The van der Waals surface area contributed by atoms with Crippen molar-refractivity contribution < 1.29 is 10.0 Å². The van der Waals surface area contributed by atoms with Gasteiger partial charge in [-0.15, -0.1) is 0 Å². The van der Waals surface area contributed by atoms with Gasteiger partial charge in [-0.3, -0.25) is 10.0 Å². The van der Waals surface area contributed by atoms with Crippen LogP contribution in [0.25, 0.3) is 17.1 Å². The molecule has 0 fully saturated rings. The predicted molar refractivity (Wildman–Crippen MR) is 105 cm³/mol. The lowest BCUT2D eigenvalue weighted by atomic mass is 10.2. The number of hydrogen-bond acceptors (Lipinski definition) is 4. The van der Waals surface area contributed by atoms with Crippen LogP contribution >= 0.6 is 0 Å². The van der Waals surface area contributed by atoms with Crippen LogP contribution in [0.15, 0.2) is 24.3 Å². The summed E-state index contributed by atoms with van der Waals surface area (Å²) in [6, 6.07) is 6.52. The second-order valence-electron chi connectivity index (χ2n) is 6.92. The molecule has 2 N–H and O–H groups in total. The summed E-state index contributed by atoms with van der Waals surface area (Å²) in [6.45, 7) is 8.47. The summed E-state index contributed by atoms with van der Waals surface area (Å²) in [5.41, 5.74) is 4.54. The van der Waals surface area contributed by atoms with Crippen LogP contribution in [0.5, 0.6) is 0 Å². The van der Waals surface area contributed by atoms with Gasteiger partial charge in [0.25, 0.3) is 5.91 Å². The van der Waals surface area contributed by atoms with Crippen molar-refractivity contribution >= 4 is 23.0 Å². The highest BCUT2D eigenvalue weighted by Gasteiger charge is 2.12. The molecule has 26 heavy (non-hydrogen) atoms. The summed E-state index contributed by atoms with van der Waals surface area (Å²) in [5, 5.41) is 8.58. The van der Waals surface area contributed by atoms with E-state index in [0.717, 1.165) is 54.8 Å². The Bertz CT molecular complexity index is 765. The number of likely N-dealkylation sites (N-methyl/N-ethyl adjacent to an activating group) is 1. The number of aryl methyl sites for hydroxylation is 1. The molecule has 0 aliphatic heterocycles. The van der Waals surface area contributed by atoms with Gasteiger partial charge >= 0.3 is 0 Å². The molecule has 142 valence electrons. The minimum absolute atomic E-state index is 0.512. The van der Waals surface area contributed by atoms with Crippen molar-refractivity contribution in [3.05, 3.63) is 35.7 Å². The van der Waals surface area contributed by atoms with Crippen molar-refractivity contribution in [3.63, 3.8) is 0 Å². The zero-order chi connectivity index (χ0) is 19.1. The van der Waals surface area contributed by atoms with Crippen molar-refractivity contribution in [2.75, 3.05) is 13.6 Å². The van der Waals surface area contributed by atoms with Crippen LogP contribution in [-0.4, -0.2) is 45.2 Å². The van der Waals surface area contributed by atoms with E-state index in [1.807, 2.05) is 12.1 Å². The SMILES string of the molecule is CCCCc1nc2cc(C=CC(=O)NO)ccc2n1CCN(C)C(C)C. The molecule has 0 bridgehead atoms. The fraction of sp³-hybridized carbons (Fsp3) is 0.500. The van der Waals surface area contributed by atoms with E-state index in [1.54, 1.807) is 11.6 Å². The monoisotopic (exact) mass is 358 g/mol. The van der Waals surface area contributed by atoms with E-state index in [9.17, 15) is 4.79 Å². The highest BCUT2D eigenvalue weighted by molar-refractivity contribution is 5.91. The summed E-state index contributed by atoms with van der Waals surface area (Å²) in [5.74, 6) is 0.573. The number of fused-ring (bicyclic) bond motifs is 1. The highest BCUT2D eigenvalue weighted by atomic mass is 16.5. The maximum absolute atomic E-state index is 11.2. The average Bonchev–Trinajstić information content (AvgIpc) is 2.98. The molecule has 1 aromatic heterocycles. The molecule has 6 heteroatoms. The summed E-state index contributed by atoms with van der Waals surface area (Å²) in [6.07, 6.45) is 6.19. The molecule has 0 unspecified atom stereocenters. The van der Waals surface area contributed by atoms with E-state index in [0.29, 0.717) is 6.04 Å². The first-order valence-corrected chi connectivity index (χ1v) is 9.27. The number of unbranched alkanes of at least 4 members (excludes halogenated alkanes) is 1. The molecule has 6 nitrogen and oxygen atoms in total. The molecule has 1 amide bonds. The van der Waals surface area contributed by atoms with Crippen LogP contribution in [0.2, 0.25) is 0 Å². The van der Waals surface area contributed by atoms with Crippen LogP contribution < -0.4 is 5.48 Å². The second-order valence-corrected chi connectivity index (χ2v) is 6.92. The highest BCUT2D eigenvalue weighted by Crippen LogP contribution is 2.20. The number of amides is 1. The Hall–Kier alpha value is -2.18. The molecular weight excluding hydrogens is 328 g/mol. The van der Waals surface area contributed by atoms with Crippen LogP contribution in [0.1, 0.15) is 45.0 Å². The molecule has 1 heterocycles. The Kier molecular flexibility index (Phi) is 7.36. The third kappa shape index (κ3) is 5.16. The smallest absolute Gasteiger partial charge is 0.267 e. The number of imidazole rings is 1. The van der Waals surface area contributed by atoms with Gasteiger partial charge in [-0.25, -0.2) is 10.5 Å². The zero-order valence-corrected chi connectivity index (χ0v) is 16.2. The Morgan fingerprint density at radius 3 is 2.85 bits per heavy atom. The molecule has 0 radical (unpaired) electrons. The normalized spacial score (nSPS) is 12.0. The Morgan fingerprint density at radius 2 is 2.19 bits per heavy atom. The number of rotatable bonds is 9. The molecule has 0 saturated heterocycles. The van der Waals surface area contributed by atoms with Gasteiger partial charge in [0.05, 0.1) is 11.0 Å². The van der Waals surface area contributed by atoms with E-state index in [4.69, 9.17) is 10.2 Å². The quantitative estimate of drug-likeness (QED) is 0.410. The second kappa shape index (κ2) is 9.50. The lowest BCUT2D eigenvalue weighted by Crippen LogP contribution is -2.30. The van der Waals surface area contributed by atoms with Crippen molar-refractivity contribution in [2.45, 2.75) is 52.6 Å². The first-order chi connectivity index (χ1) is 12.5. The van der Waals surface area contributed by atoms with Gasteiger partial charge in [-0.05, 0) is 51.1 Å². The lowest BCUT2D eigenvalue weighted by Gasteiger charge is -2.22. The molecule has 0 aliphatic carbocycles. The standard InChI is InChI=1S/C20H30N4O2/c1-5-6-7-19-21-17-14-16(9-11-20(25)22-26)8-10-18(17)24(19)13-12-23(4)15(2)3/h8-11,14-15,26H,5-7,12-13H2,1-4H3,(H,22,25). The van der Waals surface area contributed by atoms with Crippen molar-refractivity contribution in [1.29, 1.82) is 0 Å². The number of carbonyl (C=O) groups is 1. The number of hydroxylamine groups is 1. The van der Waals surface area contributed by atoms with E-state index in [-0.39, 0.29) is 0 Å².